The molecule has 1 aromatic heterocycles. The van der Waals surface area contributed by atoms with Gasteiger partial charge in [0, 0.05) is 6.20 Å². The monoisotopic (exact) mass is 241 g/mol. The molecule has 3 heteroatoms. The van der Waals surface area contributed by atoms with E-state index in [2.05, 4.69) is 20.9 Å². The van der Waals surface area contributed by atoms with E-state index < -0.39 is 0 Å². The first kappa shape index (κ1) is 9.16. The molecule has 13 heavy (non-hydrogen) atoms. The molecule has 2 nitrogen and oxygen atoms in total. The molecular weight excluding hydrogens is 230 g/mol. The lowest BCUT2D eigenvalue weighted by Gasteiger charge is -2.06. The third kappa shape index (κ3) is 2.51. The van der Waals surface area contributed by atoms with Crippen LogP contribution in [0.1, 0.15) is 24.8 Å². The molecule has 2 rings (SSSR count). The quantitative estimate of drug-likeness (QED) is 0.825. The third-order valence-electron chi connectivity index (χ3n) is 2.49. The molecule has 1 aliphatic rings. The average molecular weight is 242 g/mol. The fourth-order valence-corrected chi connectivity index (χ4v) is 1.56. The Hall–Kier alpha value is -0.410. The molecule has 0 unspecified atom stereocenters. The largest absolute Gasteiger partial charge is 0.390 e. The molecule has 0 aliphatic heterocycles. The molecular formula is C10H12BrNO. The summed E-state index contributed by atoms with van der Waals surface area (Å²) in [5.74, 6) is 0. The third-order valence-corrected chi connectivity index (χ3v) is 2.96. The lowest BCUT2D eigenvalue weighted by atomic mass is 10.1. The minimum Gasteiger partial charge on any atom is -0.390 e. The molecule has 0 saturated heterocycles. The lowest BCUT2D eigenvalue weighted by molar-refractivity contribution is 0.140. The number of aliphatic hydroxyl groups is 1. The Morgan fingerprint density at radius 3 is 2.77 bits per heavy atom. The Morgan fingerprint density at radius 2 is 2.23 bits per heavy atom. The molecule has 1 N–H and O–H groups in total. The van der Waals surface area contributed by atoms with Crippen molar-refractivity contribution < 1.29 is 5.11 Å². The van der Waals surface area contributed by atoms with Crippen LogP contribution in [-0.2, 0) is 6.42 Å². The van der Waals surface area contributed by atoms with Crippen molar-refractivity contribution in [3.8, 4) is 0 Å². The van der Waals surface area contributed by atoms with Gasteiger partial charge in [-0.05, 0) is 53.2 Å². The van der Waals surface area contributed by atoms with E-state index in [-0.39, 0.29) is 5.60 Å². The second-order valence-corrected chi connectivity index (χ2v) is 4.53. The molecule has 1 aromatic rings. The van der Waals surface area contributed by atoms with Gasteiger partial charge in [-0.2, -0.15) is 0 Å². The standard InChI is InChI=1S/C10H12BrNO/c11-9-2-1-8(7-12-9)3-4-10(13)5-6-10/h1-2,7,13H,3-6H2. The van der Waals surface area contributed by atoms with Crippen LogP contribution in [0.5, 0.6) is 0 Å². The SMILES string of the molecule is OC1(CCc2ccc(Br)nc2)CC1. The number of nitrogens with zero attached hydrogens (tertiary/aromatic N) is 1. The van der Waals surface area contributed by atoms with Gasteiger partial charge in [0.2, 0.25) is 0 Å². The minimum atomic E-state index is -0.340. The van der Waals surface area contributed by atoms with Gasteiger partial charge in [-0.1, -0.05) is 6.07 Å². The zero-order chi connectivity index (χ0) is 9.31. The second kappa shape index (κ2) is 3.39. The van der Waals surface area contributed by atoms with Crippen molar-refractivity contribution in [2.45, 2.75) is 31.3 Å². The van der Waals surface area contributed by atoms with Gasteiger partial charge < -0.3 is 5.11 Å². The summed E-state index contributed by atoms with van der Waals surface area (Å²) < 4.78 is 0.862. The van der Waals surface area contributed by atoms with Crippen LogP contribution in [0.4, 0.5) is 0 Å². The lowest BCUT2D eigenvalue weighted by Crippen LogP contribution is -2.07. The highest BCUT2D eigenvalue weighted by atomic mass is 79.9. The predicted octanol–water partition coefficient (Wildman–Crippen LogP) is 2.30. The summed E-state index contributed by atoms with van der Waals surface area (Å²) in [6.45, 7) is 0. The van der Waals surface area contributed by atoms with Crippen LogP contribution in [-0.4, -0.2) is 15.7 Å². The van der Waals surface area contributed by atoms with Crippen LogP contribution < -0.4 is 0 Å². The van der Waals surface area contributed by atoms with Crippen LogP contribution in [0.15, 0.2) is 22.9 Å². The summed E-state index contributed by atoms with van der Waals surface area (Å²) >= 11 is 3.29. The number of halogens is 1. The average Bonchev–Trinajstić information content (AvgIpc) is 2.84. The molecule has 1 heterocycles. The molecule has 0 bridgehead atoms. The van der Waals surface area contributed by atoms with Crippen molar-refractivity contribution in [1.29, 1.82) is 0 Å². The van der Waals surface area contributed by atoms with Gasteiger partial charge in [0.25, 0.3) is 0 Å². The fourth-order valence-electron chi connectivity index (χ4n) is 1.33. The molecule has 0 spiro atoms. The Bertz CT molecular complexity index is 292. The highest BCUT2D eigenvalue weighted by molar-refractivity contribution is 9.10. The molecule has 70 valence electrons. The Kier molecular flexibility index (Phi) is 2.39. The van der Waals surface area contributed by atoms with E-state index in [9.17, 15) is 5.11 Å². The van der Waals surface area contributed by atoms with Crippen molar-refractivity contribution >= 4 is 15.9 Å². The van der Waals surface area contributed by atoms with E-state index in [4.69, 9.17) is 0 Å². The van der Waals surface area contributed by atoms with Crippen LogP contribution in [0.25, 0.3) is 0 Å². The first-order valence-corrected chi connectivity index (χ1v) is 5.30. The smallest absolute Gasteiger partial charge is 0.106 e. The van der Waals surface area contributed by atoms with E-state index in [1.54, 1.807) is 0 Å². The van der Waals surface area contributed by atoms with Crippen molar-refractivity contribution in [2.24, 2.45) is 0 Å². The summed E-state index contributed by atoms with van der Waals surface area (Å²) in [6, 6.07) is 3.98. The van der Waals surface area contributed by atoms with Crippen molar-refractivity contribution in [2.75, 3.05) is 0 Å². The summed E-state index contributed by atoms with van der Waals surface area (Å²) in [5, 5.41) is 9.61. The normalized spacial score (nSPS) is 18.6. The maximum Gasteiger partial charge on any atom is 0.106 e. The van der Waals surface area contributed by atoms with Gasteiger partial charge in [0.05, 0.1) is 5.60 Å². The van der Waals surface area contributed by atoms with Gasteiger partial charge in [0.1, 0.15) is 4.60 Å². The maximum atomic E-state index is 9.61. The van der Waals surface area contributed by atoms with Crippen molar-refractivity contribution in [3.63, 3.8) is 0 Å². The maximum absolute atomic E-state index is 9.61. The molecule has 1 saturated carbocycles. The minimum absolute atomic E-state index is 0.340. The van der Waals surface area contributed by atoms with Gasteiger partial charge in [-0.3, -0.25) is 0 Å². The van der Waals surface area contributed by atoms with Crippen molar-refractivity contribution in [3.05, 3.63) is 28.5 Å². The van der Waals surface area contributed by atoms with Gasteiger partial charge >= 0.3 is 0 Å². The zero-order valence-corrected chi connectivity index (χ0v) is 8.92. The second-order valence-electron chi connectivity index (χ2n) is 3.71. The molecule has 0 atom stereocenters. The number of rotatable bonds is 3. The zero-order valence-electron chi connectivity index (χ0n) is 7.33. The fraction of sp³-hybridized carbons (Fsp3) is 0.500. The van der Waals surface area contributed by atoms with Gasteiger partial charge in [-0.15, -0.1) is 0 Å². The van der Waals surface area contributed by atoms with Gasteiger partial charge in [0.15, 0.2) is 0 Å². The Balaban J connectivity index is 1.91. The molecule has 1 fully saturated rings. The van der Waals surface area contributed by atoms with E-state index in [1.807, 2.05) is 18.3 Å². The van der Waals surface area contributed by atoms with Crippen LogP contribution >= 0.6 is 15.9 Å². The number of aromatic nitrogens is 1. The molecule has 0 radical (unpaired) electrons. The first-order chi connectivity index (χ1) is 6.18. The van der Waals surface area contributed by atoms with Crippen molar-refractivity contribution in [1.82, 2.24) is 4.98 Å². The molecule has 1 aliphatic carbocycles. The Labute approximate surface area is 86.1 Å². The summed E-state index contributed by atoms with van der Waals surface area (Å²) in [4.78, 5) is 4.14. The number of hydrogen-bond acceptors (Lipinski definition) is 2. The number of aryl methyl sites for hydroxylation is 1. The van der Waals surface area contributed by atoms with E-state index in [0.29, 0.717) is 0 Å². The van der Waals surface area contributed by atoms with E-state index in [1.165, 1.54) is 5.56 Å². The number of pyridine rings is 1. The van der Waals surface area contributed by atoms with Crippen LogP contribution in [0, 0.1) is 0 Å². The van der Waals surface area contributed by atoms with E-state index in [0.717, 1.165) is 30.3 Å². The van der Waals surface area contributed by atoms with Crippen LogP contribution in [0.2, 0.25) is 0 Å². The number of hydrogen-bond donors (Lipinski definition) is 1. The highest BCUT2D eigenvalue weighted by Crippen LogP contribution is 2.39. The Morgan fingerprint density at radius 1 is 1.46 bits per heavy atom. The topological polar surface area (TPSA) is 33.1 Å². The van der Waals surface area contributed by atoms with E-state index >= 15 is 0 Å². The van der Waals surface area contributed by atoms with Crippen LogP contribution in [0.3, 0.4) is 0 Å². The predicted molar refractivity (Wildman–Crippen MR) is 54.4 cm³/mol. The summed E-state index contributed by atoms with van der Waals surface area (Å²) in [6.07, 6.45) is 5.59. The summed E-state index contributed by atoms with van der Waals surface area (Å²) in [5.41, 5.74) is 0.858. The molecule has 0 aromatic carbocycles. The van der Waals surface area contributed by atoms with Gasteiger partial charge in [-0.25, -0.2) is 4.98 Å². The highest BCUT2D eigenvalue weighted by Gasteiger charge is 2.39. The summed E-state index contributed by atoms with van der Waals surface area (Å²) in [7, 11) is 0. The first-order valence-electron chi connectivity index (χ1n) is 4.51. The molecule has 0 amide bonds.